The molecule has 1 radical (unpaired) electrons. The van der Waals surface area contributed by atoms with E-state index in [9.17, 15) is 0 Å². The molecule has 2 saturated heterocycles. The number of anilines is 1. The Bertz CT molecular complexity index is 320. The Morgan fingerprint density at radius 3 is 2.57 bits per heavy atom. The highest BCUT2D eigenvalue weighted by Crippen LogP contribution is 2.33. The molecule has 0 amide bonds. The van der Waals surface area contributed by atoms with E-state index in [0.717, 1.165) is 12.1 Å². The molecule has 2 heteroatoms. The second kappa shape index (κ2) is 2.99. The monoisotopic (exact) mass is 187 g/mol. The summed E-state index contributed by atoms with van der Waals surface area (Å²) in [6.45, 7) is 2.43. The molecule has 73 valence electrons. The molecule has 0 N–H and O–H groups in total. The van der Waals surface area contributed by atoms with Crippen molar-refractivity contribution in [2.45, 2.75) is 18.5 Å². The summed E-state index contributed by atoms with van der Waals surface area (Å²) in [5.74, 6) is 0. The number of fused-ring (bicyclic) bond motifs is 2. The van der Waals surface area contributed by atoms with E-state index < -0.39 is 0 Å². The SMILES string of the molecule is CN1CC2CC1CN2c1cc[c]cc1. The lowest BCUT2D eigenvalue weighted by molar-refractivity contribution is 0.292. The minimum absolute atomic E-state index is 0.743. The molecular weight excluding hydrogens is 172 g/mol. The van der Waals surface area contributed by atoms with Crippen LogP contribution in [0.1, 0.15) is 6.42 Å². The number of likely N-dealkylation sites (tertiary alicyclic amines) is 1. The van der Waals surface area contributed by atoms with Crippen molar-refractivity contribution in [3.05, 3.63) is 30.3 Å². The number of rotatable bonds is 1. The average Bonchev–Trinajstić information content (AvgIpc) is 2.77. The maximum Gasteiger partial charge on any atom is 0.0433 e. The van der Waals surface area contributed by atoms with Crippen molar-refractivity contribution in [2.75, 3.05) is 25.0 Å². The third kappa shape index (κ3) is 1.14. The summed E-state index contributed by atoms with van der Waals surface area (Å²) in [7, 11) is 2.24. The van der Waals surface area contributed by atoms with E-state index in [0.29, 0.717) is 0 Å². The summed E-state index contributed by atoms with van der Waals surface area (Å²) >= 11 is 0. The number of nitrogens with zero attached hydrogens (tertiary/aromatic N) is 2. The fourth-order valence-corrected chi connectivity index (χ4v) is 2.75. The van der Waals surface area contributed by atoms with Gasteiger partial charge in [-0.25, -0.2) is 0 Å². The maximum absolute atomic E-state index is 3.07. The van der Waals surface area contributed by atoms with Crippen LogP contribution in [0.15, 0.2) is 24.3 Å². The number of hydrogen-bond acceptors (Lipinski definition) is 2. The molecule has 2 aliphatic rings. The zero-order valence-corrected chi connectivity index (χ0v) is 8.48. The van der Waals surface area contributed by atoms with Gasteiger partial charge < -0.3 is 4.90 Å². The first-order valence-electron chi connectivity index (χ1n) is 5.27. The van der Waals surface area contributed by atoms with E-state index in [4.69, 9.17) is 0 Å². The van der Waals surface area contributed by atoms with Gasteiger partial charge in [0.15, 0.2) is 0 Å². The van der Waals surface area contributed by atoms with E-state index in [1.807, 2.05) is 12.1 Å². The van der Waals surface area contributed by atoms with Crippen LogP contribution >= 0.6 is 0 Å². The molecule has 1 aromatic carbocycles. The van der Waals surface area contributed by atoms with Gasteiger partial charge in [0.05, 0.1) is 0 Å². The lowest BCUT2D eigenvalue weighted by atomic mass is 10.2. The van der Waals surface area contributed by atoms with Crippen LogP contribution in [-0.2, 0) is 0 Å². The van der Waals surface area contributed by atoms with Crippen LogP contribution in [0.5, 0.6) is 0 Å². The quantitative estimate of drug-likeness (QED) is 0.655. The summed E-state index contributed by atoms with van der Waals surface area (Å²) in [6.07, 6.45) is 1.34. The predicted molar refractivity (Wildman–Crippen MR) is 57.4 cm³/mol. The van der Waals surface area contributed by atoms with Gasteiger partial charge in [-0.3, -0.25) is 4.90 Å². The smallest absolute Gasteiger partial charge is 0.0433 e. The fourth-order valence-electron chi connectivity index (χ4n) is 2.75. The molecule has 0 saturated carbocycles. The molecule has 0 aromatic heterocycles. The minimum Gasteiger partial charge on any atom is -0.366 e. The number of piperazine rings is 1. The molecule has 2 bridgehead atoms. The standard InChI is InChI=1S/C12H15N2/c1-13-8-12-7-11(13)9-14(12)10-5-3-2-4-6-10/h3-6,11-12H,7-9H2,1H3. The van der Waals surface area contributed by atoms with Crippen LogP contribution in [0, 0.1) is 6.07 Å². The minimum atomic E-state index is 0.743. The lowest BCUT2D eigenvalue weighted by Gasteiger charge is -2.33. The average molecular weight is 187 g/mol. The Morgan fingerprint density at radius 1 is 1.21 bits per heavy atom. The van der Waals surface area contributed by atoms with E-state index in [-0.39, 0.29) is 0 Å². The Hall–Kier alpha value is -1.02. The van der Waals surface area contributed by atoms with Gasteiger partial charge in [-0.05, 0) is 31.7 Å². The zero-order chi connectivity index (χ0) is 9.54. The highest BCUT2D eigenvalue weighted by Gasteiger charge is 2.41. The van der Waals surface area contributed by atoms with Gasteiger partial charge in [0.1, 0.15) is 0 Å². The highest BCUT2D eigenvalue weighted by molar-refractivity contribution is 5.49. The maximum atomic E-state index is 3.07. The van der Waals surface area contributed by atoms with Gasteiger partial charge in [0.25, 0.3) is 0 Å². The third-order valence-corrected chi connectivity index (χ3v) is 3.55. The highest BCUT2D eigenvalue weighted by atomic mass is 15.3. The van der Waals surface area contributed by atoms with Gasteiger partial charge >= 0.3 is 0 Å². The summed E-state index contributed by atoms with van der Waals surface area (Å²) in [5, 5.41) is 0. The first-order chi connectivity index (χ1) is 6.84. The van der Waals surface area contributed by atoms with Crippen molar-refractivity contribution in [1.29, 1.82) is 0 Å². The van der Waals surface area contributed by atoms with Gasteiger partial charge in [-0.2, -0.15) is 0 Å². The first-order valence-corrected chi connectivity index (χ1v) is 5.27. The van der Waals surface area contributed by atoms with Crippen molar-refractivity contribution in [1.82, 2.24) is 4.90 Å². The molecule has 2 nitrogen and oxygen atoms in total. The molecule has 2 fully saturated rings. The molecule has 3 rings (SSSR count). The van der Waals surface area contributed by atoms with Crippen molar-refractivity contribution in [2.24, 2.45) is 0 Å². The Kier molecular flexibility index (Phi) is 1.77. The van der Waals surface area contributed by atoms with Gasteiger partial charge in [0.2, 0.25) is 0 Å². The van der Waals surface area contributed by atoms with Gasteiger partial charge in [-0.15, -0.1) is 0 Å². The van der Waals surface area contributed by atoms with Crippen LogP contribution in [0.3, 0.4) is 0 Å². The first kappa shape index (κ1) is 8.30. The normalized spacial score (nSPS) is 31.4. The van der Waals surface area contributed by atoms with E-state index in [1.165, 1.54) is 25.2 Å². The molecule has 2 unspecified atom stereocenters. The lowest BCUT2D eigenvalue weighted by Crippen LogP contribution is -2.44. The van der Waals surface area contributed by atoms with Crippen molar-refractivity contribution in [3.63, 3.8) is 0 Å². The third-order valence-electron chi connectivity index (χ3n) is 3.55. The van der Waals surface area contributed by atoms with Crippen LogP contribution in [-0.4, -0.2) is 37.1 Å². The molecule has 2 heterocycles. The fraction of sp³-hybridized carbons (Fsp3) is 0.500. The number of hydrogen-bond donors (Lipinski definition) is 0. The Labute approximate surface area is 85.1 Å². The van der Waals surface area contributed by atoms with Gasteiger partial charge in [-0.1, -0.05) is 12.1 Å². The molecule has 0 aliphatic carbocycles. The molecule has 2 aliphatic heterocycles. The van der Waals surface area contributed by atoms with E-state index in [2.05, 4.69) is 35.0 Å². The summed E-state index contributed by atoms with van der Waals surface area (Å²) in [6, 6.07) is 12.9. The Morgan fingerprint density at radius 2 is 2.00 bits per heavy atom. The van der Waals surface area contributed by atoms with Crippen molar-refractivity contribution >= 4 is 5.69 Å². The van der Waals surface area contributed by atoms with Crippen molar-refractivity contribution < 1.29 is 0 Å². The van der Waals surface area contributed by atoms with Crippen LogP contribution in [0.4, 0.5) is 5.69 Å². The number of likely N-dealkylation sites (N-methyl/N-ethyl adjacent to an activating group) is 1. The molecule has 0 spiro atoms. The molecule has 1 aromatic rings. The van der Waals surface area contributed by atoms with E-state index in [1.54, 1.807) is 0 Å². The van der Waals surface area contributed by atoms with Crippen molar-refractivity contribution in [3.8, 4) is 0 Å². The number of benzene rings is 1. The largest absolute Gasteiger partial charge is 0.366 e. The summed E-state index contributed by atoms with van der Waals surface area (Å²) in [5.41, 5.74) is 1.37. The summed E-state index contributed by atoms with van der Waals surface area (Å²) in [4.78, 5) is 5.02. The van der Waals surface area contributed by atoms with Crippen LogP contribution in [0.2, 0.25) is 0 Å². The van der Waals surface area contributed by atoms with Crippen LogP contribution < -0.4 is 4.90 Å². The second-order valence-corrected chi connectivity index (χ2v) is 4.39. The summed E-state index contributed by atoms with van der Waals surface area (Å²) < 4.78 is 0. The molecule has 14 heavy (non-hydrogen) atoms. The molecule has 2 atom stereocenters. The topological polar surface area (TPSA) is 6.48 Å². The van der Waals surface area contributed by atoms with Crippen LogP contribution in [0.25, 0.3) is 0 Å². The Balaban J connectivity index is 1.84. The van der Waals surface area contributed by atoms with E-state index >= 15 is 0 Å². The zero-order valence-electron chi connectivity index (χ0n) is 8.48. The second-order valence-electron chi connectivity index (χ2n) is 4.39. The van der Waals surface area contributed by atoms with Gasteiger partial charge in [0, 0.05) is 30.9 Å². The molecular formula is C12H15N2. The predicted octanol–water partition coefficient (Wildman–Crippen LogP) is 1.38.